The molecule has 200 valence electrons. The van der Waals surface area contributed by atoms with Crippen molar-refractivity contribution in [3.63, 3.8) is 0 Å². The normalized spacial score (nSPS) is 11.2. The van der Waals surface area contributed by atoms with Crippen LogP contribution in [0, 0.1) is 0 Å². The molecule has 2 aromatic carbocycles. The van der Waals surface area contributed by atoms with Gasteiger partial charge in [0.15, 0.2) is 18.1 Å². The number of methoxy groups -OCH3 is 2. The Morgan fingerprint density at radius 3 is 2.54 bits per heavy atom. The van der Waals surface area contributed by atoms with Crippen LogP contribution in [0.1, 0.15) is 17.5 Å². The van der Waals surface area contributed by atoms with Crippen molar-refractivity contribution in [2.45, 2.75) is 12.6 Å². The van der Waals surface area contributed by atoms with Crippen molar-refractivity contribution < 1.29 is 41.8 Å². The summed E-state index contributed by atoms with van der Waals surface area (Å²) >= 11 is 6.22. The number of carbonyl (C=O) groups is 3. The highest BCUT2D eigenvalue weighted by Crippen LogP contribution is 2.36. The van der Waals surface area contributed by atoms with Gasteiger partial charge in [0.1, 0.15) is 0 Å². The quantitative estimate of drug-likeness (QED) is 0.173. The van der Waals surface area contributed by atoms with Gasteiger partial charge in [-0.3, -0.25) is 14.4 Å². The molecule has 14 heteroatoms. The average molecular weight is 545 g/mol. The molecule has 10 nitrogen and oxygen atoms in total. The van der Waals surface area contributed by atoms with Gasteiger partial charge in [0, 0.05) is 25.9 Å². The number of hydrazone groups is 1. The molecule has 3 amide bonds. The summed E-state index contributed by atoms with van der Waals surface area (Å²) in [5.74, 6) is -2.45. The highest BCUT2D eigenvalue weighted by Gasteiger charge is 2.30. The van der Waals surface area contributed by atoms with Gasteiger partial charge in [-0.25, -0.2) is 5.43 Å². The fourth-order valence-electron chi connectivity index (χ4n) is 2.78. The number of amides is 3. The molecule has 2 rings (SSSR count). The smallest absolute Gasteiger partial charge is 0.416 e. The number of anilines is 1. The molecule has 0 radical (unpaired) electrons. The largest absolute Gasteiger partial charge is 0.493 e. The summed E-state index contributed by atoms with van der Waals surface area (Å²) in [4.78, 5) is 35.6. The first kappa shape index (κ1) is 29.4. The van der Waals surface area contributed by atoms with Gasteiger partial charge >= 0.3 is 18.0 Å². The summed E-state index contributed by atoms with van der Waals surface area (Å²) in [5.41, 5.74) is 1.47. The van der Waals surface area contributed by atoms with Crippen LogP contribution in [0.5, 0.6) is 11.5 Å². The number of hydrogen-bond donors (Lipinski definition) is 3. The van der Waals surface area contributed by atoms with E-state index in [2.05, 4.69) is 21.2 Å². The number of ether oxygens (including phenoxy) is 3. The van der Waals surface area contributed by atoms with Gasteiger partial charge < -0.3 is 24.8 Å². The van der Waals surface area contributed by atoms with Crippen LogP contribution >= 0.6 is 11.6 Å². The molecule has 0 atom stereocenters. The molecule has 37 heavy (non-hydrogen) atoms. The Bertz CT molecular complexity index is 1140. The summed E-state index contributed by atoms with van der Waals surface area (Å²) < 4.78 is 54.0. The fourth-order valence-corrected chi connectivity index (χ4v) is 3.05. The molecule has 0 fully saturated rings. The Labute approximate surface area is 215 Å². The van der Waals surface area contributed by atoms with E-state index in [-0.39, 0.29) is 28.8 Å². The van der Waals surface area contributed by atoms with Crippen LogP contribution in [-0.2, 0) is 25.3 Å². The first-order valence-electron chi connectivity index (χ1n) is 10.6. The molecule has 0 aromatic heterocycles. The SMILES string of the molecule is COCCCNC(=O)C(=O)N/N=C\c1cc(Cl)c(OCC(=O)Nc2cccc(C(F)(F)F)c2)c(OC)c1. The Hall–Kier alpha value is -3.84. The van der Waals surface area contributed by atoms with E-state index in [1.165, 1.54) is 38.6 Å². The maximum absolute atomic E-state index is 12.8. The van der Waals surface area contributed by atoms with Crippen molar-refractivity contribution in [3.8, 4) is 11.5 Å². The standard InChI is InChI=1S/C23H24ClF3N4O6/c1-35-8-4-7-28-21(33)22(34)31-29-12-14-9-17(24)20(18(10-14)36-2)37-13-19(32)30-16-6-3-5-15(11-16)23(25,26)27/h3,5-6,9-12H,4,7-8,13H2,1-2H3,(H,28,33)(H,30,32)(H,31,34)/b29-12-. The zero-order valence-electron chi connectivity index (χ0n) is 19.8. The first-order valence-corrected chi connectivity index (χ1v) is 11.0. The molecule has 0 saturated heterocycles. The summed E-state index contributed by atoms with van der Waals surface area (Å²) in [6.07, 6.45) is -2.81. The van der Waals surface area contributed by atoms with E-state index in [0.29, 0.717) is 18.6 Å². The Kier molecular flexibility index (Phi) is 11.2. The van der Waals surface area contributed by atoms with Gasteiger partial charge in [0.05, 0.1) is 23.9 Å². The number of nitrogens with one attached hydrogen (secondary N) is 3. The van der Waals surface area contributed by atoms with Crippen LogP contribution < -0.4 is 25.5 Å². The van der Waals surface area contributed by atoms with Crippen LogP contribution in [0.25, 0.3) is 0 Å². The van der Waals surface area contributed by atoms with Crippen molar-refractivity contribution in [1.29, 1.82) is 0 Å². The highest BCUT2D eigenvalue weighted by atomic mass is 35.5. The van der Waals surface area contributed by atoms with E-state index in [1.807, 2.05) is 0 Å². The fraction of sp³-hybridized carbons (Fsp3) is 0.304. The molecule has 3 N–H and O–H groups in total. The van der Waals surface area contributed by atoms with E-state index in [4.69, 9.17) is 25.8 Å². The maximum atomic E-state index is 12.8. The number of nitrogens with zero attached hydrogens (tertiary/aromatic N) is 1. The van der Waals surface area contributed by atoms with Crippen LogP contribution in [0.15, 0.2) is 41.5 Å². The molecule has 0 unspecified atom stereocenters. The minimum Gasteiger partial charge on any atom is -0.493 e. The first-order chi connectivity index (χ1) is 17.5. The minimum absolute atomic E-state index is 0.0000175. The van der Waals surface area contributed by atoms with Crippen LogP contribution in [0.4, 0.5) is 18.9 Å². The lowest BCUT2D eigenvalue weighted by atomic mass is 10.2. The third-order valence-electron chi connectivity index (χ3n) is 4.47. The van der Waals surface area contributed by atoms with Gasteiger partial charge in [0.25, 0.3) is 5.91 Å². The highest BCUT2D eigenvalue weighted by molar-refractivity contribution is 6.35. The number of carbonyl (C=O) groups excluding carboxylic acids is 3. The molecule has 0 bridgehead atoms. The van der Waals surface area contributed by atoms with Gasteiger partial charge in [0.2, 0.25) is 0 Å². The lowest BCUT2D eigenvalue weighted by molar-refractivity contribution is -0.139. The summed E-state index contributed by atoms with van der Waals surface area (Å²) in [6.45, 7) is 0.119. The van der Waals surface area contributed by atoms with Crippen LogP contribution in [-0.4, -0.2) is 57.9 Å². The monoisotopic (exact) mass is 544 g/mol. The summed E-state index contributed by atoms with van der Waals surface area (Å²) in [6, 6.07) is 6.97. The van der Waals surface area contributed by atoms with Crippen molar-refractivity contribution in [2.24, 2.45) is 5.10 Å². The molecular weight excluding hydrogens is 521 g/mol. The number of hydrogen-bond acceptors (Lipinski definition) is 7. The van der Waals surface area contributed by atoms with E-state index in [9.17, 15) is 27.6 Å². The molecule has 2 aromatic rings. The van der Waals surface area contributed by atoms with Crippen LogP contribution in [0.2, 0.25) is 5.02 Å². The van der Waals surface area contributed by atoms with E-state index >= 15 is 0 Å². The zero-order valence-corrected chi connectivity index (χ0v) is 20.5. The number of halogens is 4. The lowest BCUT2D eigenvalue weighted by Crippen LogP contribution is -2.38. The van der Waals surface area contributed by atoms with Crippen molar-refractivity contribution in [3.05, 3.63) is 52.5 Å². The second kappa shape index (κ2) is 14.0. The van der Waals surface area contributed by atoms with Gasteiger partial charge in [-0.15, -0.1) is 0 Å². The molecule has 0 saturated carbocycles. The van der Waals surface area contributed by atoms with Gasteiger partial charge in [-0.2, -0.15) is 18.3 Å². The second-order valence-corrected chi connectivity index (χ2v) is 7.66. The Balaban J connectivity index is 1.96. The van der Waals surface area contributed by atoms with E-state index in [1.54, 1.807) is 0 Å². The van der Waals surface area contributed by atoms with Crippen molar-refractivity contribution in [1.82, 2.24) is 10.7 Å². The van der Waals surface area contributed by atoms with Gasteiger partial charge in [-0.05, 0) is 42.3 Å². The maximum Gasteiger partial charge on any atom is 0.416 e. The predicted molar refractivity (Wildman–Crippen MR) is 129 cm³/mol. The number of alkyl halides is 3. The molecule has 0 spiro atoms. The number of rotatable bonds is 11. The third-order valence-corrected chi connectivity index (χ3v) is 4.75. The average Bonchev–Trinajstić information content (AvgIpc) is 2.85. The minimum atomic E-state index is -4.55. The third kappa shape index (κ3) is 9.61. The van der Waals surface area contributed by atoms with Crippen LogP contribution in [0.3, 0.4) is 0 Å². The van der Waals surface area contributed by atoms with Crippen molar-refractivity contribution in [2.75, 3.05) is 39.3 Å². The molecule has 0 heterocycles. The van der Waals surface area contributed by atoms with E-state index < -0.39 is 36.1 Å². The topological polar surface area (TPSA) is 127 Å². The summed E-state index contributed by atoms with van der Waals surface area (Å²) in [7, 11) is 2.84. The Morgan fingerprint density at radius 1 is 1.11 bits per heavy atom. The zero-order chi connectivity index (χ0) is 27.4. The van der Waals surface area contributed by atoms with Gasteiger partial charge in [-0.1, -0.05) is 17.7 Å². The second-order valence-electron chi connectivity index (χ2n) is 7.25. The molecular formula is C23H24ClF3N4O6. The molecule has 0 aliphatic heterocycles. The summed E-state index contributed by atoms with van der Waals surface area (Å²) in [5, 5.41) is 8.43. The molecule has 0 aliphatic rings. The van der Waals surface area contributed by atoms with E-state index in [0.717, 1.165) is 18.2 Å². The predicted octanol–water partition coefficient (Wildman–Crippen LogP) is 2.99. The Morgan fingerprint density at radius 2 is 1.86 bits per heavy atom. The van der Waals surface area contributed by atoms with Crippen molar-refractivity contribution >= 4 is 41.2 Å². The molecule has 0 aliphatic carbocycles. The number of benzene rings is 2. The lowest BCUT2D eigenvalue weighted by Gasteiger charge is -2.14.